The maximum Gasteiger partial charge on any atom is 0.269 e. The number of nitrogens with zero attached hydrogens (tertiary/aromatic N) is 1. The zero-order valence-electron chi connectivity index (χ0n) is 12.8. The summed E-state index contributed by atoms with van der Waals surface area (Å²) in [6, 6.07) is 10.4. The van der Waals surface area contributed by atoms with Crippen molar-refractivity contribution in [3.05, 3.63) is 58.3 Å². The van der Waals surface area contributed by atoms with Gasteiger partial charge in [0.15, 0.2) is 0 Å². The normalized spacial score (nSPS) is 10.2. The number of carbonyl (C=O) groups is 2. The summed E-state index contributed by atoms with van der Waals surface area (Å²) in [7, 11) is 0. The molecule has 0 bridgehead atoms. The first-order chi connectivity index (χ1) is 11.1. The average molecular weight is 376 g/mol. The zero-order valence-corrected chi connectivity index (χ0v) is 14.4. The lowest BCUT2D eigenvalue weighted by molar-refractivity contribution is 0.0948. The quantitative estimate of drug-likeness (QED) is 0.757. The van der Waals surface area contributed by atoms with E-state index in [-0.39, 0.29) is 17.5 Å². The van der Waals surface area contributed by atoms with E-state index in [0.29, 0.717) is 17.8 Å². The number of benzene rings is 1. The number of hydrogen-bond donors (Lipinski definition) is 2. The van der Waals surface area contributed by atoms with Crippen molar-refractivity contribution in [3.63, 3.8) is 0 Å². The second kappa shape index (κ2) is 8.43. The number of pyridine rings is 1. The number of carbonyl (C=O) groups excluding carboxylic acids is 2. The van der Waals surface area contributed by atoms with Crippen molar-refractivity contribution in [1.82, 2.24) is 10.3 Å². The number of halogens is 1. The van der Waals surface area contributed by atoms with Crippen molar-refractivity contribution < 1.29 is 9.59 Å². The Labute approximate surface area is 143 Å². The minimum atomic E-state index is -0.284. The molecule has 120 valence electrons. The Kier molecular flexibility index (Phi) is 6.29. The van der Waals surface area contributed by atoms with Crippen LogP contribution >= 0.6 is 15.9 Å². The van der Waals surface area contributed by atoms with Crippen LogP contribution in [0.1, 0.15) is 40.6 Å². The summed E-state index contributed by atoms with van der Waals surface area (Å²) in [6.45, 7) is 2.66. The third kappa shape index (κ3) is 5.17. The van der Waals surface area contributed by atoms with Gasteiger partial charge < -0.3 is 10.6 Å². The van der Waals surface area contributed by atoms with Crippen LogP contribution in [0.5, 0.6) is 0 Å². The summed E-state index contributed by atoms with van der Waals surface area (Å²) in [6.07, 6.45) is 3.38. The second-order valence-corrected chi connectivity index (χ2v) is 5.92. The van der Waals surface area contributed by atoms with Crippen LogP contribution in [-0.4, -0.2) is 23.3 Å². The van der Waals surface area contributed by atoms with Crippen molar-refractivity contribution in [2.24, 2.45) is 0 Å². The number of aromatic nitrogens is 1. The third-order valence-corrected chi connectivity index (χ3v) is 3.65. The van der Waals surface area contributed by atoms with Gasteiger partial charge in [0.25, 0.3) is 11.8 Å². The van der Waals surface area contributed by atoms with Crippen molar-refractivity contribution in [2.75, 3.05) is 11.9 Å². The molecular formula is C17H18BrN3O2. The highest BCUT2D eigenvalue weighted by Crippen LogP contribution is 2.16. The predicted molar refractivity (Wildman–Crippen MR) is 93.6 cm³/mol. The predicted octanol–water partition coefficient (Wildman–Crippen LogP) is 3.63. The van der Waals surface area contributed by atoms with E-state index < -0.39 is 0 Å². The van der Waals surface area contributed by atoms with E-state index in [2.05, 4.69) is 38.5 Å². The first-order valence-corrected chi connectivity index (χ1v) is 8.20. The second-order valence-electron chi connectivity index (χ2n) is 5.00. The lowest BCUT2D eigenvalue weighted by Gasteiger charge is -2.07. The highest BCUT2D eigenvalue weighted by molar-refractivity contribution is 9.10. The number of nitrogens with one attached hydrogen (secondary N) is 2. The molecule has 0 saturated carbocycles. The highest BCUT2D eigenvalue weighted by atomic mass is 79.9. The molecule has 0 saturated heterocycles. The van der Waals surface area contributed by atoms with Crippen LogP contribution in [0.4, 0.5) is 5.69 Å². The zero-order chi connectivity index (χ0) is 16.7. The van der Waals surface area contributed by atoms with Crippen LogP contribution in [0.3, 0.4) is 0 Å². The molecule has 2 N–H and O–H groups in total. The fourth-order valence-corrected chi connectivity index (χ4v) is 2.33. The Hall–Kier alpha value is -2.21. The van der Waals surface area contributed by atoms with E-state index in [9.17, 15) is 9.59 Å². The van der Waals surface area contributed by atoms with Gasteiger partial charge in [-0.25, -0.2) is 0 Å². The van der Waals surface area contributed by atoms with Gasteiger partial charge in [-0.1, -0.05) is 35.3 Å². The van der Waals surface area contributed by atoms with E-state index in [4.69, 9.17) is 0 Å². The standard InChI is InChI=1S/C17H18BrN3O2/c1-2-3-8-20-17(23)15-10-12(7-9-19-15)16(22)21-14-6-4-5-13(18)11-14/h4-7,9-11H,2-3,8H2,1H3,(H,20,23)(H,21,22). The van der Waals surface area contributed by atoms with Crippen LogP contribution in [0.2, 0.25) is 0 Å². The molecule has 5 nitrogen and oxygen atoms in total. The Morgan fingerprint density at radius 1 is 1.17 bits per heavy atom. The number of amides is 2. The molecule has 1 heterocycles. The molecule has 0 atom stereocenters. The Bertz CT molecular complexity index is 704. The van der Waals surface area contributed by atoms with Gasteiger partial charge in [-0.2, -0.15) is 0 Å². The highest BCUT2D eigenvalue weighted by Gasteiger charge is 2.11. The summed E-state index contributed by atoms with van der Waals surface area (Å²) in [5.74, 6) is -0.552. The summed E-state index contributed by atoms with van der Waals surface area (Å²) >= 11 is 3.35. The lowest BCUT2D eigenvalue weighted by atomic mass is 10.2. The van der Waals surface area contributed by atoms with Crippen LogP contribution in [0.15, 0.2) is 47.1 Å². The molecule has 23 heavy (non-hydrogen) atoms. The van der Waals surface area contributed by atoms with E-state index in [0.717, 1.165) is 17.3 Å². The molecule has 0 radical (unpaired) electrons. The molecule has 1 aromatic heterocycles. The van der Waals surface area contributed by atoms with E-state index in [1.165, 1.54) is 12.3 Å². The van der Waals surface area contributed by atoms with Crippen molar-refractivity contribution in [1.29, 1.82) is 0 Å². The topological polar surface area (TPSA) is 71.1 Å². The maximum atomic E-state index is 12.3. The minimum absolute atomic E-state index is 0.239. The van der Waals surface area contributed by atoms with Crippen LogP contribution in [0, 0.1) is 0 Å². The van der Waals surface area contributed by atoms with Crippen molar-refractivity contribution in [2.45, 2.75) is 19.8 Å². The van der Waals surface area contributed by atoms with Crippen LogP contribution < -0.4 is 10.6 Å². The third-order valence-electron chi connectivity index (χ3n) is 3.15. The van der Waals surface area contributed by atoms with Gasteiger partial charge in [-0.05, 0) is 36.8 Å². The molecule has 6 heteroatoms. The van der Waals surface area contributed by atoms with Crippen LogP contribution in [-0.2, 0) is 0 Å². The summed E-state index contributed by atoms with van der Waals surface area (Å²) in [4.78, 5) is 28.3. The molecule has 0 aliphatic rings. The summed E-state index contributed by atoms with van der Waals surface area (Å²) in [5.41, 5.74) is 1.30. The summed E-state index contributed by atoms with van der Waals surface area (Å²) in [5, 5.41) is 5.57. The SMILES string of the molecule is CCCCNC(=O)c1cc(C(=O)Nc2cccc(Br)c2)ccn1. The Morgan fingerprint density at radius 2 is 2.00 bits per heavy atom. The number of hydrogen-bond acceptors (Lipinski definition) is 3. The van der Waals surface area contributed by atoms with Crippen molar-refractivity contribution in [3.8, 4) is 0 Å². The van der Waals surface area contributed by atoms with Gasteiger partial charge >= 0.3 is 0 Å². The lowest BCUT2D eigenvalue weighted by Crippen LogP contribution is -2.25. The monoisotopic (exact) mass is 375 g/mol. The Morgan fingerprint density at radius 3 is 2.74 bits per heavy atom. The van der Waals surface area contributed by atoms with Gasteiger partial charge in [-0.3, -0.25) is 14.6 Å². The fraction of sp³-hybridized carbons (Fsp3) is 0.235. The van der Waals surface area contributed by atoms with Gasteiger partial charge in [0.2, 0.25) is 0 Å². The van der Waals surface area contributed by atoms with Gasteiger partial charge in [0, 0.05) is 28.5 Å². The number of unbranched alkanes of at least 4 members (excludes halogenated alkanes) is 1. The molecule has 0 spiro atoms. The largest absolute Gasteiger partial charge is 0.351 e. The van der Waals surface area contributed by atoms with E-state index >= 15 is 0 Å². The molecule has 1 aromatic carbocycles. The Balaban J connectivity index is 2.06. The summed E-state index contributed by atoms with van der Waals surface area (Å²) < 4.78 is 0.876. The molecular weight excluding hydrogens is 358 g/mol. The molecule has 0 aliphatic heterocycles. The van der Waals surface area contributed by atoms with Gasteiger partial charge in [0.05, 0.1) is 0 Å². The number of anilines is 1. The first-order valence-electron chi connectivity index (χ1n) is 7.41. The van der Waals surface area contributed by atoms with Crippen molar-refractivity contribution >= 4 is 33.4 Å². The van der Waals surface area contributed by atoms with E-state index in [1.54, 1.807) is 18.2 Å². The smallest absolute Gasteiger partial charge is 0.269 e. The number of rotatable bonds is 6. The molecule has 2 aromatic rings. The molecule has 0 unspecified atom stereocenters. The van der Waals surface area contributed by atoms with Gasteiger partial charge in [0.1, 0.15) is 5.69 Å². The van der Waals surface area contributed by atoms with Gasteiger partial charge in [-0.15, -0.1) is 0 Å². The molecule has 0 aliphatic carbocycles. The molecule has 2 rings (SSSR count). The molecule has 2 amide bonds. The fourth-order valence-electron chi connectivity index (χ4n) is 1.93. The maximum absolute atomic E-state index is 12.3. The molecule has 0 fully saturated rings. The van der Waals surface area contributed by atoms with Crippen LogP contribution in [0.25, 0.3) is 0 Å². The average Bonchev–Trinajstić information content (AvgIpc) is 2.55. The minimum Gasteiger partial charge on any atom is -0.351 e. The first kappa shape index (κ1) is 17.1. The van der Waals surface area contributed by atoms with E-state index in [1.807, 2.05) is 12.1 Å².